The Hall–Kier alpha value is -0.810. The smallest absolute Gasteiger partial charge is 0.0994 e. The van der Waals surface area contributed by atoms with Gasteiger partial charge in [-0.15, -0.1) is 0 Å². The van der Waals surface area contributed by atoms with Gasteiger partial charge in [0.15, 0.2) is 0 Å². The Bertz CT molecular complexity index is 325. The zero-order chi connectivity index (χ0) is 9.19. The maximum Gasteiger partial charge on any atom is 0.0994 e. The van der Waals surface area contributed by atoms with Crippen LogP contribution in [0.2, 0.25) is 0 Å². The van der Waals surface area contributed by atoms with Crippen molar-refractivity contribution in [1.82, 2.24) is 0 Å². The van der Waals surface area contributed by atoms with Crippen LogP contribution in [-0.4, -0.2) is 0 Å². The zero-order valence-corrected chi connectivity index (χ0v) is 6.72. The first-order valence-corrected chi connectivity index (χ1v) is 3.53. The third-order valence-electron chi connectivity index (χ3n) is 1.15. The van der Waals surface area contributed by atoms with E-state index in [9.17, 15) is 0 Å². The maximum atomic E-state index is 8.64. The van der Waals surface area contributed by atoms with E-state index in [1.165, 1.54) is 0 Å². The molecule has 2 heteroatoms. The molecule has 0 aliphatic heterocycles. The van der Waals surface area contributed by atoms with Crippen molar-refractivity contribution in [2.45, 2.75) is 5.28 Å². The van der Waals surface area contributed by atoms with E-state index in [2.05, 4.69) is 15.9 Å². The third-order valence-corrected chi connectivity index (χ3v) is 1.58. The van der Waals surface area contributed by atoms with E-state index < -0.39 is 5.28 Å². The van der Waals surface area contributed by atoms with Crippen LogP contribution in [0.15, 0.2) is 24.3 Å². The van der Waals surface area contributed by atoms with Crippen LogP contribution in [0.3, 0.4) is 0 Å². The molecular weight excluding hydrogens is 190 g/mol. The highest BCUT2D eigenvalue weighted by Crippen LogP contribution is 2.10. The molecule has 0 saturated heterocycles. The number of nitriles is 1. The fraction of sp³-hybridized carbons (Fsp3) is 0.125. The molecule has 10 heavy (non-hydrogen) atoms. The van der Waals surface area contributed by atoms with Gasteiger partial charge in [-0.1, -0.05) is 34.1 Å². The van der Waals surface area contributed by atoms with Gasteiger partial charge in [0.05, 0.1) is 11.6 Å². The Morgan fingerprint density at radius 2 is 2.30 bits per heavy atom. The van der Waals surface area contributed by atoms with Crippen LogP contribution in [0.5, 0.6) is 0 Å². The minimum absolute atomic E-state index is 0.361. The lowest BCUT2D eigenvalue weighted by Gasteiger charge is -1.95. The topological polar surface area (TPSA) is 23.8 Å². The lowest BCUT2D eigenvalue weighted by Crippen LogP contribution is -1.82. The maximum absolute atomic E-state index is 8.64. The highest BCUT2D eigenvalue weighted by atomic mass is 79.9. The molecular formula is C8H6BrN. The summed E-state index contributed by atoms with van der Waals surface area (Å²) in [7, 11) is 0. The molecule has 1 aromatic carbocycles. The van der Waals surface area contributed by atoms with Crippen LogP contribution in [0.1, 0.15) is 13.9 Å². The third kappa shape index (κ3) is 1.37. The average Bonchev–Trinajstić information content (AvgIpc) is 2.03. The van der Waals surface area contributed by atoms with Crippen molar-refractivity contribution >= 4 is 15.9 Å². The Kier molecular flexibility index (Phi) is 1.66. The van der Waals surface area contributed by atoms with Gasteiger partial charge in [-0.25, -0.2) is 0 Å². The molecule has 0 unspecified atom stereocenters. The fourth-order valence-corrected chi connectivity index (χ4v) is 1.01. The first-order valence-electron chi connectivity index (χ1n) is 3.74. The number of rotatable bonds is 1. The number of alkyl halides is 1. The molecule has 0 saturated carbocycles. The summed E-state index contributed by atoms with van der Waals surface area (Å²) in [6.07, 6.45) is 0. The predicted octanol–water partition coefficient (Wildman–Crippen LogP) is 2.45. The summed E-state index contributed by atoms with van der Waals surface area (Å²) in [4.78, 5) is 0. The van der Waals surface area contributed by atoms with E-state index in [0.29, 0.717) is 11.1 Å². The Balaban J connectivity index is 3.26. The van der Waals surface area contributed by atoms with Crippen molar-refractivity contribution < 1.29 is 2.74 Å². The minimum atomic E-state index is -1.63. The Morgan fingerprint density at radius 3 is 2.80 bits per heavy atom. The predicted molar refractivity (Wildman–Crippen MR) is 43.8 cm³/mol. The van der Waals surface area contributed by atoms with E-state index >= 15 is 0 Å². The summed E-state index contributed by atoms with van der Waals surface area (Å²) in [5.41, 5.74) is 0.729. The molecule has 0 radical (unpaired) electrons. The standard InChI is InChI=1S/C8H6BrN/c9-5-7-3-1-2-4-8(7)6-10/h1-4H,5H2/i5D2. The molecule has 1 nitrogen and oxygen atoms in total. The van der Waals surface area contributed by atoms with Gasteiger partial charge in [0.1, 0.15) is 0 Å². The van der Waals surface area contributed by atoms with E-state index in [1.807, 2.05) is 6.07 Å². The molecule has 1 aromatic rings. The van der Waals surface area contributed by atoms with Crippen molar-refractivity contribution in [2.24, 2.45) is 0 Å². The summed E-state index contributed by atoms with van der Waals surface area (Å²) in [6, 6.07) is 8.53. The van der Waals surface area contributed by atoms with Gasteiger partial charge in [-0.2, -0.15) is 5.26 Å². The van der Waals surface area contributed by atoms with Gasteiger partial charge in [-0.3, -0.25) is 0 Å². The first kappa shape index (κ1) is 4.92. The average molecular weight is 198 g/mol. The molecule has 0 N–H and O–H groups in total. The lowest BCUT2D eigenvalue weighted by molar-refractivity contribution is 1.37. The molecule has 0 bridgehead atoms. The Morgan fingerprint density at radius 1 is 1.60 bits per heavy atom. The van der Waals surface area contributed by atoms with Crippen LogP contribution in [0.4, 0.5) is 0 Å². The van der Waals surface area contributed by atoms with E-state index in [4.69, 9.17) is 8.00 Å². The summed E-state index contributed by atoms with van der Waals surface area (Å²) >= 11 is 2.86. The molecule has 0 spiro atoms. The van der Waals surface area contributed by atoms with Gasteiger partial charge in [-0.05, 0) is 11.6 Å². The monoisotopic (exact) mass is 197 g/mol. The molecule has 0 heterocycles. The summed E-state index contributed by atoms with van der Waals surface area (Å²) < 4.78 is 14.7. The number of halogens is 1. The molecule has 0 amide bonds. The van der Waals surface area contributed by atoms with Gasteiger partial charge in [0, 0.05) is 8.02 Å². The normalized spacial score (nSPS) is 13.2. The fourth-order valence-electron chi connectivity index (χ4n) is 0.663. The lowest BCUT2D eigenvalue weighted by atomic mass is 10.1. The second-order valence-electron chi connectivity index (χ2n) is 1.75. The van der Waals surface area contributed by atoms with Crippen LogP contribution in [-0.2, 0) is 5.28 Å². The molecule has 0 aliphatic rings. The summed E-state index contributed by atoms with van der Waals surface area (Å²) in [5, 5.41) is 7.02. The van der Waals surface area contributed by atoms with Crippen LogP contribution in [0, 0.1) is 11.3 Å². The molecule has 0 aromatic heterocycles. The summed E-state index contributed by atoms with van der Waals surface area (Å²) in [5.74, 6) is 0. The number of nitrogens with zero attached hydrogens (tertiary/aromatic N) is 1. The van der Waals surface area contributed by atoms with Gasteiger partial charge in [0.2, 0.25) is 0 Å². The number of hydrogen-bond acceptors (Lipinski definition) is 1. The van der Waals surface area contributed by atoms with E-state index in [1.54, 1.807) is 24.3 Å². The second-order valence-corrected chi connectivity index (χ2v) is 2.15. The second kappa shape index (κ2) is 3.38. The van der Waals surface area contributed by atoms with Crippen molar-refractivity contribution in [3.63, 3.8) is 0 Å². The Labute approximate surface area is 71.2 Å². The quantitative estimate of drug-likeness (QED) is 0.635. The minimum Gasteiger partial charge on any atom is -0.192 e. The van der Waals surface area contributed by atoms with E-state index in [-0.39, 0.29) is 0 Å². The number of benzene rings is 1. The van der Waals surface area contributed by atoms with Gasteiger partial charge < -0.3 is 0 Å². The van der Waals surface area contributed by atoms with Crippen molar-refractivity contribution in [3.05, 3.63) is 35.4 Å². The highest BCUT2D eigenvalue weighted by Gasteiger charge is 1.95. The molecule has 50 valence electrons. The zero-order valence-electron chi connectivity index (χ0n) is 7.13. The van der Waals surface area contributed by atoms with Crippen molar-refractivity contribution in [2.75, 3.05) is 0 Å². The van der Waals surface area contributed by atoms with Crippen LogP contribution >= 0.6 is 15.9 Å². The van der Waals surface area contributed by atoms with Gasteiger partial charge in [0.25, 0.3) is 0 Å². The molecule has 1 rings (SSSR count). The van der Waals surface area contributed by atoms with Gasteiger partial charge >= 0.3 is 0 Å². The largest absolute Gasteiger partial charge is 0.192 e. The van der Waals surface area contributed by atoms with Crippen molar-refractivity contribution in [1.29, 1.82) is 5.26 Å². The first-order chi connectivity index (χ1) is 5.55. The van der Waals surface area contributed by atoms with E-state index in [0.717, 1.165) is 0 Å². The molecule has 0 atom stereocenters. The van der Waals surface area contributed by atoms with Crippen molar-refractivity contribution in [3.8, 4) is 6.07 Å². The highest BCUT2D eigenvalue weighted by molar-refractivity contribution is 9.08. The SMILES string of the molecule is [2H]C([2H])(Br)c1ccccc1C#N. The van der Waals surface area contributed by atoms with Crippen LogP contribution in [0.25, 0.3) is 0 Å². The number of hydrogen-bond donors (Lipinski definition) is 0. The molecule has 0 aliphatic carbocycles. The van der Waals surface area contributed by atoms with Crippen LogP contribution < -0.4 is 0 Å². The summed E-state index contributed by atoms with van der Waals surface area (Å²) in [6.45, 7) is 0. The molecule has 0 fully saturated rings.